The average Bonchev–Trinajstić information content (AvgIpc) is 3.31. The molecule has 8 nitrogen and oxygen atoms in total. The molecule has 0 saturated heterocycles. The molecular formula is C26H26ClN3O5. The first-order valence-corrected chi connectivity index (χ1v) is 11.4. The SMILES string of the molecule is CCOC(=O)c1ccc(-c2ccc(/C=N/NC(=O)C(NC(=O)c3ccc(Cl)cc3)C(C)C)o2)cc1. The van der Waals surface area contributed by atoms with E-state index in [1.807, 2.05) is 13.8 Å². The first kappa shape index (κ1) is 25.7. The molecular weight excluding hydrogens is 470 g/mol. The summed E-state index contributed by atoms with van der Waals surface area (Å²) in [4.78, 5) is 36.9. The topological polar surface area (TPSA) is 110 Å². The zero-order valence-electron chi connectivity index (χ0n) is 19.6. The molecule has 1 aromatic heterocycles. The Morgan fingerprint density at radius 1 is 1.00 bits per heavy atom. The number of amides is 2. The Morgan fingerprint density at radius 3 is 2.29 bits per heavy atom. The molecule has 9 heteroatoms. The lowest BCUT2D eigenvalue weighted by Crippen LogP contribution is -2.48. The molecule has 3 aromatic rings. The maximum atomic E-state index is 12.6. The molecule has 0 spiro atoms. The molecule has 3 rings (SSSR count). The van der Waals surface area contributed by atoms with Gasteiger partial charge in [0.1, 0.15) is 17.6 Å². The van der Waals surface area contributed by atoms with Crippen LogP contribution in [0.2, 0.25) is 5.02 Å². The van der Waals surface area contributed by atoms with Crippen LogP contribution in [0.5, 0.6) is 0 Å². The quantitative estimate of drug-likeness (QED) is 0.254. The van der Waals surface area contributed by atoms with Crippen LogP contribution in [0.3, 0.4) is 0 Å². The number of carbonyl (C=O) groups excluding carboxylic acids is 3. The van der Waals surface area contributed by atoms with Crippen molar-refractivity contribution in [3.05, 3.63) is 82.6 Å². The Balaban J connectivity index is 1.60. The van der Waals surface area contributed by atoms with Crippen molar-refractivity contribution in [2.75, 3.05) is 6.61 Å². The minimum atomic E-state index is -0.791. The lowest BCUT2D eigenvalue weighted by Gasteiger charge is -2.20. The van der Waals surface area contributed by atoms with Gasteiger partial charge in [-0.15, -0.1) is 0 Å². The number of halogens is 1. The van der Waals surface area contributed by atoms with Gasteiger partial charge in [-0.1, -0.05) is 37.6 Å². The molecule has 0 saturated carbocycles. The van der Waals surface area contributed by atoms with Crippen molar-refractivity contribution in [2.45, 2.75) is 26.8 Å². The number of hydrazone groups is 1. The van der Waals surface area contributed by atoms with Crippen LogP contribution >= 0.6 is 11.6 Å². The summed E-state index contributed by atoms with van der Waals surface area (Å²) in [5.74, 6) is -0.408. The van der Waals surface area contributed by atoms with Crippen LogP contribution in [0.15, 0.2) is 70.2 Å². The molecule has 1 heterocycles. The largest absolute Gasteiger partial charge is 0.462 e. The first-order valence-electron chi connectivity index (χ1n) is 11.0. The van der Waals surface area contributed by atoms with Crippen molar-refractivity contribution in [1.29, 1.82) is 0 Å². The van der Waals surface area contributed by atoms with Crippen molar-refractivity contribution in [2.24, 2.45) is 11.0 Å². The lowest BCUT2D eigenvalue weighted by molar-refractivity contribution is -0.123. The molecule has 182 valence electrons. The second kappa shape index (κ2) is 12.0. The van der Waals surface area contributed by atoms with Gasteiger partial charge in [0.05, 0.1) is 18.4 Å². The third kappa shape index (κ3) is 7.04. The number of nitrogens with one attached hydrogen (secondary N) is 2. The van der Waals surface area contributed by atoms with Crippen molar-refractivity contribution < 1.29 is 23.5 Å². The maximum absolute atomic E-state index is 12.6. The standard InChI is InChI=1S/C26H26ClN3O5/c1-4-34-26(33)19-7-5-17(6-8-19)22-14-13-21(35-22)15-28-30-25(32)23(16(2)3)29-24(31)18-9-11-20(27)12-10-18/h5-16,23H,4H2,1-3H3,(H,29,31)(H,30,32)/b28-15+. The van der Waals surface area contributed by atoms with Gasteiger partial charge in [-0.2, -0.15) is 5.10 Å². The Morgan fingerprint density at radius 2 is 1.66 bits per heavy atom. The molecule has 0 aliphatic heterocycles. The van der Waals surface area contributed by atoms with Gasteiger partial charge in [-0.05, 0) is 61.4 Å². The van der Waals surface area contributed by atoms with Crippen LogP contribution in [-0.2, 0) is 9.53 Å². The third-order valence-electron chi connectivity index (χ3n) is 5.02. The molecule has 2 aromatic carbocycles. The van der Waals surface area contributed by atoms with Gasteiger partial charge in [0, 0.05) is 16.1 Å². The van der Waals surface area contributed by atoms with E-state index in [0.29, 0.717) is 34.3 Å². The maximum Gasteiger partial charge on any atom is 0.338 e. The number of furan rings is 1. The van der Waals surface area contributed by atoms with E-state index in [4.69, 9.17) is 20.8 Å². The van der Waals surface area contributed by atoms with Gasteiger partial charge in [-0.3, -0.25) is 9.59 Å². The normalized spacial score (nSPS) is 11.9. The van der Waals surface area contributed by atoms with E-state index in [9.17, 15) is 14.4 Å². The number of ether oxygens (including phenoxy) is 1. The fraction of sp³-hybridized carbons (Fsp3) is 0.231. The van der Waals surface area contributed by atoms with E-state index >= 15 is 0 Å². The van der Waals surface area contributed by atoms with E-state index in [1.54, 1.807) is 67.6 Å². The van der Waals surface area contributed by atoms with Crippen LogP contribution in [0.1, 0.15) is 47.2 Å². The fourth-order valence-electron chi connectivity index (χ4n) is 3.15. The zero-order chi connectivity index (χ0) is 25.4. The number of rotatable bonds is 9. The number of hydrogen-bond acceptors (Lipinski definition) is 6. The lowest BCUT2D eigenvalue weighted by atomic mass is 10.0. The van der Waals surface area contributed by atoms with Gasteiger partial charge >= 0.3 is 5.97 Å². The van der Waals surface area contributed by atoms with Crippen molar-refractivity contribution in [1.82, 2.24) is 10.7 Å². The summed E-state index contributed by atoms with van der Waals surface area (Å²) in [5.41, 5.74) is 4.06. The smallest absolute Gasteiger partial charge is 0.338 e. The Kier molecular flexibility index (Phi) is 8.80. The first-order chi connectivity index (χ1) is 16.8. The summed E-state index contributed by atoms with van der Waals surface area (Å²) in [6.07, 6.45) is 1.37. The van der Waals surface area contributed by atoms with Crippen LogP contribution < -0.4 is 10.7 Å². The van der Waals surface area contributed by atoms with Gasteiger partial charge in [0.15, 0.2) is 0 Å². The molecule has 0 bridgehead atoms. The third-order valence-corrected chi connectivity index (χ3v) is 5.27. The van der Waals surface area contributed by atoms with Gasteiger partial charge in [0.25, 0.3) is 11.8 Å². The van der Waals surface area contributed by atoms with Crippen molar-refractivity contribution >= 4 is 35.6 Å². The predicted molar refractivity (Wildman–Crippen MR) is 133 cm³/mol. The average molecular weight is 496 g/mol. The molecule has 1 atom stereocenters. The predicted octanol–water partition coefficient (Wildman–Crippen LogP) is 4.68. The highest BCUT2D eigenvalue weighted by atomic mass is 35.5. The number of carbonyl (C=O) groups is 3. The van der Waals surface area contributed by atoms with Gasteiger partial charge in [-0.25, -0.2) is 10.2 Å². The summed E-state index contributed by atoms with van der Waals surface area (Å²) in [7, 11) is 0. The van der Waals surface area contributed by atoms with Crippen LogP contribution in [0, 0.1) is 5.92 Å². The number of benzene rings is 2. The summed E-state index contributed by atoms with van der Waals surface area (Å²) >= 11 is 5.86. The van der Waals surface area contributed by atoms with E-state index in [0.717, 1.165) is 5.56 Å². The zero-order valence-corrected chi connectivity index (χ0v) is 20.3. The molecule has 0 radical (unpaired) electrons. The summed E-state index contributed by atoms with van der Waals surface area (Å²) in [5, 5.41) is 7.19. The summed E-state index contributed by atoms with van der Waals surface area (Å²) in [6.45, 7) is 5.70. The second-order valence-electron chi connectivity index (χ2n) is 7.94. The van der Waals surface area contributed by atoms with Gasteiger partial charge < -0.3 is 14.5 Å². The molecule has 0 aliphatic rings. The number of esters is 1. The second-order valence-corrected chi connectivity index (χ2v) is 8.37. The molecule has 2 amide bonds. The van der Waals surface area contributed by atoms with Crippen molar-refractivity contribution in [3.63, 3.8) is 0 Å². The molecule has 35 heavy (non-hydrogen) atoms. The molecule has 0 aliphatic carbocycles. The highest BCUT2D eigenvalue weighted by Crippen LogP contribution is 2.22. The molecule has 0 fully saturated rings. The van der Waals surface area contributed by atoms with Crippen LogP contribution in [-0.4, -0.2) is 36.6 Å². The van der Waals surface area contributed by atoms with E-state index in [-0.39, 0.29) is 17.8 Å². The van der Waals surface area contributed by atoms with Crippen molar-refractivity contribution in [3.8, 4) is 11.3 Å². The van der Waals surface area contributed by atoms with E-state index < -0.39 is 11.9 Å². The van der Waals surface area contributed by atoms with Gasteiger partial charge in [0.2, 0.25) is 0 Å². The number of hydrogen-bond donors (Lipinski definition) is 2. The molecule has 2 N–H and O–H groups in total. The Hall–Kier alpha value is -3.91. The monoisotopic (exact) mass is 495 g/mol. The summed E-state index contributed by atoms with van der Waals surface area (Å²) in [6, 6.07) is 15.9. The minimum absolute atomic E-state index is 0.172. The Labute approximate surface area is 208 Å². The summed E-state index contributed by atoms with van der Waals surface area (Å²) < 4.78 is 10.7. The fourth-order valence-corrected chi connectivity index (χ4v) is 3.28. The highest BCUT2D eigenvalue weighted by molar-refractivity contribution is 6.30. The Bertz CT molecular complexity index is 1200. The number of nitrogens with zero attached hydrogens (tertiary/aromatic N) is 1. The van der Waals surface area contributed by atoms with E-state index in [2.05, 4.69) is 15.8 Å². The van der Waals surface area contributed by atoms with E-state index in [1.165, 1.54) is 6.21 Å². The highest BCUT2D eigenvalue weighted by Gasteiger charge is 2.24. The van der Waals surface area contributed by atoms with Crippen LogP contribution in [0.4, 0.5) is 0 Å². The minimum Gasteiger partial charge on any atom is -0.462 e. The molecule has 1 unspecified atom stereocenters. The van der Waals surface area contributed by atoms with Crippen LogP contribution in [0.25, 0.3) is 11.3 Å².